The van der Waals surface area contributed by atoms with Gasteiger partial charge in [-0.15, -0.1) is 0 Å². The summed E-state index contributed by atoms with van der Waals surface area (Å²) in [6.45, 7) is 5.38. The first kappa shape index (κ1) is 53.5. The normalized spacial score (nSPS) is 13.0. The molecule has 0 bridgehead atoms. The van der Waals surface area contributed by atoms with E-state index >= 15 is 0 Å². The molecule has 0 aromatic carbocycles. The molecule has 0 aliphatic heterocycles. The summed E-state index contributed by atoms with van der Waals surface area (Å²) in [4.78, 5) is 36.4. The zero-order valence-electron chi connectivity index (χ0n) is 36.2. The molecule has 2 atom stereocenters. The molecule has 10 nitrogen and oxygen atoms in total. The fourth-order valence-electron chi connectivity index (χ4n) is 6.60. The molecule has 326 valence electrons. The Morgan fingerprint density at radius 1 is 0.509 bits per heavy atom. The summed E-state index contributed by atoms with van der Waals surface area (Å²) in [6, 6.07) is 0. The Kier molecular flexibility index (Phi) is 39.6. The Bertz CT molecular complexity index is 935. The van der Waals surface area contributed by atoms with Crippen molar-refractivity contribution >= 4 is 25.7 Å². The van der Waals surface area contributed by atoms with Gasteiger partial charge >= 0.3 is 19.8 Å². The summed E-state index contributed by atoms with van der Waals surface area (Å²) in [6.07, 6.45) is 37.0. The zero-order valence-corrected chi connectivity index (χ0v) is 37.0. The van der Waals surface area contributed by atoms with Gasteiger partial charge in [-0.2, -0.15) is 0 Å². The van der Waals surface area contributed by atoms with Gasteiger partial charge in [0.15, 0.2) is 6.10 Å². The molecule has 55 heavy (non-hydrogen) atoms. The molecule has 0 aromatic rings. The fourth-order valence-corrected chi connectivity index (χ4v) is 7.55. The third-order valence-corrected chi connectivity index (χ3v) is 11.5. The lowest BCUT2D eigenvalue weighted by molar-refractivity contribution is -0.161. The van der Waals surface area contributed by atoms with E-state index in [2.05, 4.69) is 19.2 Å². The summed E-state index contributed by atoms with van der Waals surface area (Å²) >= 11 is 0. The van der Waals surface area contributed by atoms with Crippen molar-refractivity contribution in [2.45, 2.75) is 232 Å². The van der Waals surface area contributed by atoms with Gasteiger partial charge in [0.05, 0.1) is 13.2 Å². The van der Waals surface area contributed by atoms with Gasteiger partial charge in [-0.05, 0) is 12.8 Å². The number of carbonyl (C=O) groups excluding carboxylic acids is 3. The van der Waals surface area contributed by atoms with Gasteiger partial charge in [0.1, 0.15) is 6.61 Å². The van der Waals surface area contributed by atoms with E-state index in [9.17, 15) is 18.9 Å². The van der Waals surface area contributed by atoms with Gasteiger partial charge in [0.2, 0.25) is 5.91 Å². The molecule has 1 amide bonds. The molecular formula is C44H86NO9P. The maximum atomic E-state index is 12.9. The van der Waals surface area contributed by atoms with Crippen LogP contribution in [0.25, 0.3) is 0 Å². The molecule has 0 fully saturated rings. The van der Waals surface area contributed by atoms with Crippen LogP contribution in [0.4, 0.5) is 0 Å². The summed E-state index contributed by atoms with van der Waals surface area (Å²) in [5.74, 6) is -1.02. The van der Waals surface area contributed by atoms with Crippen LogP contribution in [0, 0.1) is 0 Å². The molecule has 11 heteroatoms. The van der Waals surface area contributed by atoms with Crippen molar-refractivity contribution in [3.8, 4) is 0 Å². The first-order valence-electron chi connectivity index (χ1n) is 22.8. The number of phosphoric ester groups is 1. The lowest BCUT2D eigenvalue weighted by Crippen LogP contribution is -2.30. The standard InChI is InChI=1S/C44H86NO9P/c1-5-7-9-11-13-15-17-19-21-23-25-27-29-31-33-35-43(47)51-39-42(40-53-55(49,50-4)52-38-37-45-41(3)46)54-44(48)36-34-32-30-28-26-24-22-20-18-16-14-12-10-8-6-2/h42H,5-40H2,1-4H3,(H,45,46)/t42-,55?/m1/s1. The summed E-state index contributed by atoms with van der Waals surface area (Å²) in [5, 5.41) is 2.54. The van der Waals surface area contributed by atoms with Crippen LogP contribution in [0.1, 0.15) is 226 Å². The molecular weight excluding hydrogens is 717 g/mol. The number of carbonyl (C=O) groups is 3. The third kappa shape index (κ3) is 39.1. The topological polar surface area (TPSA) is 126 Å². The minimum absolute atomic E-state index is 0.0947. The van der Waals surface area contributed by atoms with Crippen LogP contribution in [0.2, 0.25) is 0 Å². The van der Waals surface area contributed by atoms with E-state index in [4.69, 9.17) is 23.0 Å². The molecule has 0 aromatic heterocycles. The Balaban J connectivity index is 4.38. The van der Waals surface area contributed by atoms with Crippen LogP contribution in [0.3, 0.4) is 0 Å². The molecule has 0 saturated heterocycles. The molecule has 0 radical (unpaired) electrons. The fraction of sp³-hybridized carbons (Fsp3) is 0.932. The van der Waals surface area contributed by atoms with E-state index in [-0.39, 0.29) is 44.7 Å². The van der Waals surface area contributed by atoms with Crippen molar-refractivity contribution < 1.29 is 42.0 Å². The summed E-state index contributed by atoms with van der Waals surface area (Å²) < 4.78 is 39.7. The van der Waals surface area contributed by atoms with Crippen molar-refractivity contribution in [3.63, 3.8) is 0 Å². The molecule has 0 saturated carbocycles. The smallest absolute Gasteiger partial charge is 0.462 e. The largest absolute Gasteiger partial charge is 0.474 e. The first-order chi connectivity index (χ1) is 26.8. The van der Waals surface area contributed by atoms with Gasteiger partial charge in [0.25, 0.3) is 0 Å². The average Bonchev–Trinajstić information content (AvgIpc) is 3.17. The second-order valence-corrected chi connectivity index (χ2v) is 17.2. The van der Waals surface area contributed by atoms with Crippen LogP contribution in [0.5, 0.6) is 0 Å². The maximum Gasteiger partial charge on any atom is 0.474 e. The lowest BCUT2D eigenvalue weighted by Gasteiger charge is -2.21. The minimum Gasteiger partial charge on any atom is -0.462 e. The number of unbranched alkanes of at least 4 members (excludes halogenated alkanes) is 28. The Morgan fingerprint density at radius 3 is 1.24 bits per heavy atom. The van der Waals surface area contributed by atoms with Crippen LogP contribution in [-0.2, 0) is 42.0 Å². The molecule has 0 aliphatic carbocycles. The SMILES string of the molecule is CCCCCCCCCCCCCCCCCC(=O)OC[C@H](COP(=O)(OC)OCCNC(C)=O)OC(=O)CCCCCCCCCCCCCCCCC. The number of phosphoric acid groups is 1. The second kappa shape index (κ2) is 40.7. The number of rotatable bonds is 43. The number of nitrogens with one attached hydrogen (secondary N) is 1. The van der Waals surface area contributed by atoms with Gasteiger partial charge in [-0.1, -0.05) is 194 Å². The monoisotopic (exact) mass is 804 g/mol. The highest BCUT2D eigenvalue weighted by molar-refractivity contribution is 7.48. The maximum absolute atomic E-state index is 12.9. The van der Waals surface area contributed by atoms with Crippen molar-refractivity contribution in [1.82, 2.24) is 5.32 Å². The van der Waals surface area contributed by atoms with Crippen LogP contribution < -0.4 is 5.32 Å². The van der Waals surface area contributed by atoms with Crippen LogP contribution >= 0.6 is 7.82 Å². The minimum atomic E-state index is -3.99. The Hall–Kier alpha value is -1.48. The van der Waals surface area contributed by atoms with Gasteiger partial charge in [-0.25, -0.2) is 4.57 Å². The molecule has 0 heterocycles. The van der Waals surface area contributed by atoms with Crippen molar-refractivity contribution in [3.05, 3.63) is 0 Å². The molecule has 1 N–H and O–H groups in total. The zero-order chi connectivity index (χ0) is 40.5. The Morgan fingerprint density at radius 2 is 0.873 bits per heavy atom. The quantitative estimate of drug-likeness (QED) is 0.0364. The number of esters is 2. The molecule has 0 aliphatic rings. The van der Waals surface area contributed by atoms with E-state index in [0.29, 0.717) is 12.8 Å². The van der Waals surface area contributed by atoms with Gasteiger partial charge < -0.3 is 14.8 Å². The van der Waals surface area contributed by atoms with Gasteiger partial charge in [0, 0.05) is 33.4 Å². The molecule has 0 spiro atoms. The van der Waals surface area contributed by atoms with Crippen molar-refractivity contribution in [2.75, 3.05) is 33.5 Å². The highest BCUT2D eigenvalue weighted by Crippen LogP contribution is 2.48. The van der Waals surface area contributed by atoms with E-state index in [0.717, 1.165) is 32.1 Å². The lowest BCUT2D eigenvalue weighted by atomic mass is 10.0. The number of hydrogen-bond acceptors (Lipinski definition) is 9. The molecule has 1 unspecified atom stereocenters. The second-order valence-electron chi connectivity index (χ2n) is 15.4. The van der Waals surface area contributed by atoms with Crippen LogP contribution in [-0.4, -0.2) is 57.4 Å². The number of hydrogen-bond donors (Lipinski definition) is 1. The Labute approximate surface area is 338 Å². The predicted molar refractivity (Wildman–Crippen MR) is 225 cm³/mol. The molecule has 0 rings (SSSR count). The van der Waals surface area contributed by atoms with Gasteiger partial charge in [-0.3, -0.25) is 28.0 Å². The van der Waals surface area contributed by atoms with E-state index in [1.54, 1.807) is 0 Å². The van der Waals surface area contributed by atoms with Crippen molar-refractivity contribution in [1.29, 1.82) is 0 Å². The van der Waals surface area contributed by atoms with Crippen LogP contribution in [0.15, 0.2) is 0 Å². The predicted octanol–water partition coefficient (Wildman–Crippen LogP) is 12.9. The first-order valence-corrected chi connectivity index (χ1v) is 24.3. The third-order valence-electron chi connectivity index (χ3n) is 10.1. The highest BCUT2D eigenvalue weighted by atomic mass is 31.2. The highest BCUT2D eigenvalue weighted by Gasteiger charge is 2.28. The van der Waals surface area contributed by atoms with E-state index in [1.807, 2.05) is 0 Å². The van der Waals surface area contributed by atoms with E-state index in [1.165, 1.54) is 168 Å². The number of amides is 1. The summed E-state index contributed by atoms with van der Waals surface area (Å²) in [7, 11) is -2.80. The van der Waals surface area contributed by atoms with Crippen molar-refractivity contribution in [2.24, 2.45) is 0 Å². The summed E-state index contributed by atoms with van der Waals surface area (Å²) in [5.41, 5.74) is 0. The number of ether oxygens (including phenoxy) is 2. The van der Waals surface area contributed by atoms with E-state index < -0.39 is 19.9 Å². The average molecular weight is 804 g/mol.